The van der Waals surface area contributed by atoms with Crippen molar-refractivity contribution in [3.05, 3.63) is 35.4 Å². The average Bonchev–Trinajstić information content (AvgIpc) is 3.20. The predicted octanol–water partition coefficient (Wildman–Crippen LogP) is 3.61. The van der Waals surface area contributed by atoms with Gasteiger partial charge in [-0.15, -0.1) is 0 Å². The Bertz CT molecular complexity index is 761. The third kappa shape index (κ3) is 4.04. The van der Waals surface area contributed by atoms with Crippen LogP contribution in [0.25, 0.3) is 0 Å². The van der Waals surface area contributed by atoms with Gasteiger partial charge < -0.3 is 14.4 Å². The van der Waals surface area contributed by atoms with E-state index in [0.717, 1.165) is 71.5 Å². The second kappa shape index (κ2) is 8.60. The van der Waals surface area contributed by atoms with E-state index in [-0.39, 0.29) is 5.79 Å². The zero-order valence-electron chi connectivity index (χ0n) is 18.4. The first-order valence-electron chi connectivity index (χ1n) is 12.0. The van der Waals surface area contributed by atoms with Crippen molar-refractivity contribution in [2.45, 2.75) is 70.2 Å². The second-order valence-corrected chi connectivity index (χ2v) is 9.81. The second-order valence-electron chi connectivity index (χ2n) is 9.81. The lowest BCUT2D eigenvalue weighted by Gasteiger charge is -2.51. The lowest BCUT2D eigenvalue weighted by molar-refractivity contribution is -0.203. The Labute approximate surface area is 180 Å². The summed E-state index contributed by atoms with van der Waals surface area (Å²) in [7, 11) is 0. The van der Waals surface area contributed by atoms with Crippen molar-refractivity contribution in [1.82, 2.24) is 9.80 Å². The summed E-state index contributed by atoms with van der Waals surface area (Å²) in [5.74, 6) is 1.03. The maximum absolute atomic E-state index is 13.2. The van der Waals surface area contributed by atoms with E-state index in [2.05, 4.69) is 41.0 Å². The van der Waals surface area contributed by atoms with Gasteiger partial charge in [0.25, 0.3) is 0 Å². The molecule has 164 valence electrons. The van der Waals surface area contributed by atoms with E-state index in [1.54, 1.807) is 0 Å². The molecule has 0 N–H and O–H groups in total. The molecule has 30 heavy (non-hydrogen) atoms. The molecule has 1 spiro atoms. The maximum atomic E-state index is 13.2. The van der Waals surface area contributed by atoms with Crippen molar-refractivity contribution in [1.29, 1.82) is 0 Å². The molecule has 4 aliphatic rings. The lowest BCUT2D eigenvalue weighted by Crippen LogP contribution is -2.55. The zero-order chi connectivity index (χ0) is 20.6. The summed E-state index contributed by atoms with van der Waals surface area (Å²) in [6.07, 6.45) is 7.15. The topological polar surface area (TPSA) is 42.0 Å². The van der Waals surface area contributed by atoms with Gasteiger partial charge in [-0.2, -0.15) is 0 Å². The number of piperidine rings is 1. The summed E-state index contributed by atoms with van der Waals surface area (Å²) < 4.78 is 12.1. The van der Waals surface area contributed by atoms with Crippen LogP contribution < -0.4 is 0 Å². The molecule has 1 aromatic carbocycles. The monoisotopic (exact) mass is 412 g/mol. The number of amides is 1. The number of ether oxygens (including phenoxy) is 2. The van der Waals surface area contributed by atoms with Crippen LogP contribution in [-0.4, -0.2) is 60.4 Å². The van der Waals surface area contributed by atoms with E-state index in [4.69, 9.17) is 9.47 Å². The van der Waals surface area contributed by atoms with Gasteiger partial charge in [0.2, 0.25) is 5.91 Å². The molecule has 3 fully saturated rings. The molecule has 1 saturated carbocycles. The van der Waals surface area contributed by atoms with Gasteiger partial charge in [-0.1, -0.05) is 31.2 Å². The van der Waals surface area contributed by atoms with E-state index in [1.807, 2.05) is 0 Å². The highest BCUT2D eigenvalue weighted by Crippen LogP contribution is 2.45. The average molecular weight is 413 g/mol. The maximum Gasteiger partial charge on any atom is 0.223 e. The minimum absolute atomic E-state index is 0.332. The van der Waals surface area contributed by atoms with Gasteiger partial charge >= 0.3 is 0 Å². The molecule has 1 aliphatic carbocycles. The quantitative estimate of drug-likeness (QED) is 0.758. The normalized spacial score (nSPS) is 30.8. The Morgan fingerprint density at radius 3 is 2.80 bits per heavy atom. The first-order valence-corrected chi connectivity index (χ1v) is 12.0. The smallest absolute Gasteiger partial charge is 0.223 e. The van der Waals surface area contributed by atoms with E-state index in [0.29, 0.717) is 30.2 Å². The molecule has 0 aromatic heterocycles. The van der Waals surface area contributed by atoms with Crippen molar-refractivity contribution in [2.75, 3.05) is 32.8 Å². The van der Waals surface area contributed by atoms with Crippen LogP contribution in [0.1, 0.15) is 56.6 Å². The highest BCUT2D eigenvalue weighted by atomic mass is 16.7. The first-order chi connectivity index (χ1) is 14.7. The molecule has 5 rings (SSSR count). The van der Waals surface area contributed by atoms with Gasteiger partial charge in [0.1, 0.15) is 0 Å². The van der Waals surface area contributed by atoms with E-state index in [1.165, 1.54) is 17.5 Å². The van der Waals surface area contributed by atoms with E-state index in [9.17, 15) is 4.79 Å². The minimum atomic E-state index is -0.332. The SMILES string of the molecule is CCCN1C[C@@H](CC(=O)N2CCc3ccccc3C2)C[C@@H]2CC3(CC[C@H]21)OCCO3. The third-order valence-electron chi connectivity index (χ3n) is 7.81. The molecule has 5 heteroatoms. The van der Waals surface area contributed by atoms with E-state index < -0.39 is 0 Å². The molecule has 3 atom stereocenters. The number of hydrogen-bond donors (Lipinski definition) is 0. The molecule has 1 aromatic rings. The summed E-state index contributed by atoms with van der Waals surface area (Å²) in [5, 5.41) is 0. The van der Waals surface area contributed by atoms with Crippen LogP contribution in [0, 0.1) is 11.8 Å². The van der Waals surface area contributed by atoms with Crippen molar-refractivity contribution in [2.24, 2.45) is 11.8 Å². The number of likely N-dealkylation sites (tertiary alicyclic amines) is 1. The van der Waals surface area contributed by atoms with Gasteiger partial charge in [0.15, 0.2) is 5.79 Å². The first kappa shape index (κ1) is 20.5. The molecule has 5 nitrogen and oxygen atoms in total. The number of fused-ring (bicyclic) bond motifs is 2. The number of hydrogen-bond acceptors (Lipinski definition) is 4. The van der Waals surface area contributed by atoms with E-state index >= 15 is 0 Å². The summed E-state index contributed by atoms with van der Waals surface area (Å²) in [4.78, 5) is 18.0. The number of carbonyl (C=O) groups excluding carboxylic acids is 1. The van der Waals surface area contributed by atoms with Gasteiger partial charge in [0, 0.05) is 44.9 Å². The zero-order valence-corrected chi connectivity index (χ0v) is 18.4. The molecule has 0 unspecified atom stereocenters. The molecule has 3 aliphatic heterocycles. The Morgan fingerprint density at radius 1 is 1.20 bits per heavy atom. The molecule has 1 amide bonds. The van der Waals surface area contributed by atoms with Gasteiger partial charge in [-0.25, -0.2) is 0 Å². The van der Waals surface area contributed by atoms with Gasteiger partial charge in [-0.3, -0.25) is 9.69 Å². The van der Waals surface area contributed by atoms with Crippen molar-refractivity contribution in [3.63, 3.8) is 0 Å². The third-order valence-corrected chi connectivity index (χ3v) is 7.81. The Morgan fingerprint density at radius 2 is 2.00 bits per heavy atom. The molecule has 0 bridgehead atoms. The number of carbonyl (C=O) groups is 1. The summed E-state index contributed by atoms with van der Waals surface area (Å²) in [6.45, 7) is 7.57. The fourth-order valence-electron chi connectivity index (χ4n) is 6.47. The summed E-state index contributed by atoms with van der Waals surface area (Å²) >= 11 is 0. The van der Waals surface area contributed by atoms with Gasteiger partial charge in [-0.05, 0) is 55.2 Å². The van der Waals surface area contributed by atoms with Crippen LogP contribution in [0.15, 0.2) is 24.3 Å². The molecular formula is C25H36N2O3. The van der Waals surface area contributed by atoms with Gasteiger partial charge in [0.05, 0.1) is 13.2 Å². The van der Waals surface area contributed by atoms with Crippen molar-refractivity contribution < 1.29 is 14.3 Å². The van der Waals surface area contributed by atoms with Crippen LogP contribution in [0.3, 0.4) is 0 Å². The lowest BCUT2D eigenvalue weighted by atomic mass is 9.71. The standard InChI is InChI=1S/C25H36N2O3/c1-2-10-26-17-19(14-22-16-25(9-7-23(22)26)29-12-13-30-25)15-24(28)27-11-8-20-5-3-4-6-21(20)18-27/h3-6,19,22-23H,2,7-18H2,1H3/t19-,22-,23-/m1/s1. The largest absolute Gasteiger partial charge is 0.348 e. The fourth-order valence-corrected chi connectivity index (χ4v) is 6.47. The van der Waals surface area contributed by atoms with Crippen LogP contribution in [0.5, 0.6) is 0 Å². The fraction of sp³-hybridized carbons (Fsp3) is 0.720. The molecular weight excluding hydrogens is 376 g/mol. The summed E-state index contributed by atoms with van der Waals surface area (Å²) in [5.41, 5.74) is 2.72. The highest BCUT2D eigenvalue weighted by Gasteiger charge is 2.49. The number of benzene rings is 1. The molecule has 2 saturated heterocycles. The van der Waals surface area contributed by atoms with Crippen molar-refractivity contribution >= 4 is 5.91 Å². The minimum Gasteiger partial charge on any atom is -0.348 e. The molecule has 3 heterocycles. The van der Waals surface area contributed by atoms with Crippen LogP contribution in [-0.2, 0) is 27.2 Å². The highest BCUT2D eigenvalue weighted by molar-refractivity contribution is 5.76. The Hall–Kier alpha value is -1.43. The predicted molar refractivity (Wildman–Crippen MR) is 116 cm³/mol. The number of rotatable bonds is 4. The van der Waals surface area contributed by atoms with Crippen LogP contribution in [0.2, 0.25) is 0 Å². The molecule has 0 radical (unpaired) electrons. The Balaban J connectivity index is 1.24. The summed E-state index contributed by atoms with van der Waals surface area (Å²) in [6, 6.07) is 9.20. The number of nitrogens with zero attached hydrogens (tertiary/aromatic N) is 2. The Kier molecular flexibility index (Phi) is 5.87. The van der Waals surface area contributed by atoms with Crippen molar-refractivity contribution in [3.8, 4) is 0 Å². The van der Waals surface area contributed by atoms with Crippen LogP contribution >= 0.6 is 0 Å². The van der Waals surface area contributed by atoms with Crippen LogP contribution in [0.4, 0.5) is 0 Å².